The Bertz CT molecular complexity index is 190. The van der Waals surface area contributed by atoms with Gasteiger partial charge in [-0.2, -0.15) is 0 Å². The molecule has 1 saturated heterocycles. The van der Waals surface area contributed by atoms with E-state index in [0.717, 1.165) is 17.8 Å². The third kappa shape index (κ3) is 2.75. The standard InChI is InChI=1S/C14H27N/c1-14(2,3)13-6-4-11(5-7-13)12-8-9-15-10-12/h11-13,15H,4-10H2,1-3H3. The summed E-state index contributed by atoms with van der Waals surface area (Å²) in [6.45, 7) is 9.80. The van der Waals surface area contributed by atoms with Crippen molar-refractivity contribution in [2.45, 2.75) is 52.9 Å². The highest BCUT2D eigenvalue weighted by molar-refractivity contribution is 4.85. The maximum Gasteiger partial charge on any atom is -0.00174 e. The van der Waals surface area contributed by atoms with Gasteiger partial charge in [-0.3, -0.25) is 0 Å². The second-order valence-electron chi connectivity index (χ2n) is 6.73. The highest BCUT2D eigenvalue weighted by Gasteiger charge is 2.33. The zero-order valence-electron chi connectivity index (χ0n) is 10.7. The van der Waals surface area contributed by atoms with Crippen LogP contribution in [0.25, 0.3) is 0 Å². The molecule has 1 nitrogen and oxygen atoms in total. The quantitative estimate of drug-likeness (QED) is 0.697. The average Bonchev–Trinajstić information content (AvgIpc) is 2.69. The van der Waals surface area contributed by atoms with E-state index in [1.54, 1.807) is 0 Å². The molecule has 0 spiro atoms. The van der Waals surface area contributed by atoms with E-state index in [1.165, 1.54) is 45.2 Å². The van der Waals surface area contributed by atoms with Crippen molar-refractivity contribution in [3.05, 3.63) is 0 Å². The SMILES string of the molecule is CC(C)(C)C1CCC(C2CCNC2)CC1. The van der Waals surface area contributed by atoms with Crippen LogP contribution in [0.15, 0.2) is 0 Å². The molecule has 1 saturated carbocycles. The van der Waals surface area contributed by atoms with Crippen LogP contribution in [0.5, 0.6) is 0 Å². The van der Waals surface area contributed by atoms with E-state index in [9.17, 15) is 0 Å². The lowest BCUT2D eigenvalue weighted by molar-refractivity contribution is 0.128. The van der Waals surface area contributed by atoms with E-state index in [4.69, 9.17) is 0 Å². The fraction of sp³-hybridized carbons (Fsp3) is 1.00. The minimum Gasteiger partial charge on any atom is -0.316 e. The highest BCUT2D eigenvalue weighted by Crippen LogP contribution is 2.42. The molecule has 0 aromatic heterocycles. The van der Waals surface area contributed by atoms with E-state index in [0.29, 0.717) is 5.41 Å². The summed E-state index contributed by atoms with van der Waals surface area (Å²) < 4.78 is 0. The van der Waals surface area contributed by atoms with Gasteiger partial charge in [-0.15, -0.1) is 0 Å². The molecule has 1 N–H and O–H groups in total. The first kappa shape index (κ1) is 11.4. The Labute approximate surface area is 95.0 Å². The third-order valence-electron chi connectivity index (χ3n) is 4.76. The number of hydrogen-bond acceptors (Lipinski definition) is 1. The smallest absolute Gasteiger partial charge is 0.00174 e. The summed E-state index contributed by atoms with van der Waals surface area (Å²) in [5.41, 5.74) is 0.541. The minimum atomic E-state index is 0.541. The molecule has 1 unspecified atom stereocenters. The van der Waals surface area contributed by atoms with Crippen molar-refractivity contribution in [1.29, 1.82) is 0 Å². The molecule has 1 heterocycles. The van der Waals surface area contributed by atoms with E-state index in [1.807, 2.05) is 0 Å². The van der Waals surface area contributed by atoms with Gasteiger partial charge in [0, 0.05) is 0 Å². The fourth-order valence-corrected chi connectivity index (χ4v) is 3.54. The van der Waals surface area contributed by atoms with Gasteiger partial charge in [-0.05, 0) is 68.4 Å². The van der Waals surface area contributed by atoms with Gasteiger partial charge in [0.2, 0.25) is 0 Å². The van der Waals surface area contributed by atoms with Crippen molar-refractivity contribution in [2.75, 3.05) is 13.1 Å². The summed E-state index contributed by atoms with van der Waals surface area (Å²) in [5, 5.41) is 3.51. The van der Waals surface area contributed by atoms with E-state index in [-0.39, 0.29) is 0 Å². The first-order chi connectivity index (χ1) is 7.07. The fourth-order valence-electron chi connectivity index (χ4n) is 3.54. The van der Waals surface area contributed by atoms with Crippen molar-refractivity contribution in [3.63, 3.8) is 0 Å². The van der Waals surface area contributed by atoms with E-state index < -0.39 is 0 Å². The molecule has 1 aliphatic heterocycles. The van der Waals surface area contributed by atoms with Gasteiger partial charge in [0.15, 0.2) is 0 Å². The lowest BCUT2D eigenvalue weighted by Crippen LogP contribution is -2.29. The second-order valence-corrected chi connectivity index (χ2v) is 6.73. The molecule has 2 fully saturated rings. The third-order valence-corrected chi connectivity index (χ3v) is 4.76. The van der Waals surface area contributed by atoms with E-state index in [2.05, 4.69) is 26.1 Å². The molecule has 0 aromatic rings. The summed E-state index contributed by atoms with van der Waals surface area (Å²) >= 11 is 0. The van der Waals surface area contributed by atoms with Gasteiger partial charge in [-0.25, -0.2) is 0 Å². The van der Waals surface area contributed by atoms with Gasteiger partial charge in [0.1, 0.15) is 0 Å². The van der Waals surface area contributed by atoms with Crippen LogP contribution < -0.4 is 5.32 Å². The van der Waals surface area contributed by atoms with Crippen LogP contribution in [-0.4, -0.2) is 13.1 Å². The topological polar surface area (TPSA) is 12.0 Å². The van der Waals surface area contributed by atoms with Gasteiger partial charge in [-0.1, -0.05) is 20.8 Å². The molecule has 0 aromatic carbocycles. The van der Waals surface area contributed by atoms with Crippen LogP contribution in [-0.2, 0) is 0 Å². The number of hydrogen-bond donors (Lipinski definition) is 1. The van der Waals surface area contributed by atoms with Gasteiger partial charge in [0.05, 0.1) is 0 Å². The van der Waals surface area contributed by atoms with Crippen molar-refractivity contribution in [3.8, 4) is 0 Å². The number of nitrogens with one attached hydrogen (secondary N) is 1. The Morgan fingerprint density at radius 2 is 1.53 bits per heavy atom. The Kier molecular flexibility index (Phi) is 3.39. The minimum absolute atomic E-state index is 0.541. The molecular weight excluding hydrogens is 182 g/mol. The first-order valence-corrected chi connectivity index (χ1v) is 6.78. The highest BCUT2D eigenvalue weighted by atomic mass is 14.9. The van der Waals surface area contributed by atoms with Crippen LogP contribution in [0.4, 0.5) is 0 Å². The summed E-state index contributed by atoms with van der Waals surface area (Å²) in [6.07, 6.45) is 7.38. The van der Waals surface area contributed by atoms with Gasteiger partial charge in [0.25, 0.3) is 0 Å². The summed E-state index contributed by atoms with van der Waals surface area (Å²) in [4.78, 5) is 0. The maximum atomic E-state index is 3.51. The van der Waals surface area contributed by atoms with Crippen molar-refractivity contribution >= 4 is 0 Å². The van der Waals surface area contributed by atoms with Gasteiger partial charge >= 0.3 is 0 Å². The van der Waals surface area contributed by atoms with E-state index >= 15 is 0 Å². The molecule has 1 heteroatoms. The zero-order chi connectivity index (χ0) is 10.9. The molecule has 1 atom stereocenters. The predicted octanol–water partition coefficient (Wildman–Crippen LogP) is 3.45. The first-order valence-electron chi connectivity index (χ1n) is 6.78. The largest absolute Gasteiger partial charge is 0.316 e. The average molecular weight is 209 g/mol. The van der Waals surface area contributed by atoms with Gasteiger partial charge < -0.3 is 5.32 Å². The molecule has 2 aliphatic rings. The maximum absolute atomic E-state index is 3.51. The summed E-state index contributed by atoms with van der Waals surface area (Å²) in [6, 6.07) is 0. The van der Waals surface area contributed by atoms with Crippen molar-refractivity contribution in [1.82, 2.24) is 5.32 Å². The van der Waals surface area contributed by atoms with Crippen molar-refractivity contribution in [2.24, 2.45) is 23.2 Å². The lowest BCUT2D eigenvalue weighted by atomic mass is 9.67. The molecule has 0 radical (unpaired) electrons. The van der Waals surface area contributed by atoms with Crippen LogP contribution in [0.2, 0.25) is 0 Å². The predicted molar refractivity (Wildman–Crippen MR) is 65.9 cm³/mol. The Morgan fingerprint density at radius 3 is 2.00 bits per heavy atom. The summed E-state index contributed by atoms with van der Waals surface area (Å²) in [7, 11) is 0. The Balaban J connectivity index is 1.81. The van der Waals surface area contributed by atoms with Crippen LogP contribution in [0.3, 0.4) is 0 Å². The van der Waals surface area contributed by atoms with Crippen LogP contribution >= 0.6 is 0 Å². The normalized spacial score (nSPS) is 38.2. The molecular formula is C14H27N. The molecule has 1 aliphatic carbocycles. The monoisotopic (exact) mass is 209 g/mol. The molecule has 0 amide bonds. The molecule has 88 valence electrons. The Morgan fingerprint density at radius 1 is 0.867 bits per heavy atom. The van der Waals surface area contributed by atoms with Crippen molar-refractivity contribution < 1.29 is 0 Å². The number of rotatable bonds is 1. The molecule has 2 rings (SSSR count). The Hall–Kier alpha value is -0.0400. The molecule has 15 heavy (non-hydrogen) atoms. The van der Waals surface area contributed by atoms with Crippen LogP contribution in [0, 0.1) is 23.2 Å². The molecule has 0 bridgehead atoms. The zero-order valence-corrected chi connectivity index (χ0v) is 10.7. The second kappa shape index (κ2) is 4.45. The van der Waals surface area contributed by atoms with Crippen LogP contribution in [0.1, 0.15) is 52.9 Å². The lowest BCUT2D eigenvalue weighted by Gasteiger charge is -2.38. The summed E-state index contributed by atoms with van der Waals surface area (Å²) in [5.74, 6) is 3.02.